The highest BCUT2D eigenvalue weighted by Crippen LogP contribution is 2.07. The summed E-state index contributed by atoms with van der Waals surface area (Å²) in [6.45, 7) is 8.69. The molecule has 1 fully saturated rings. The molecule has 1 rings (SSSR count). The van der Waals surface area contributed by atoms with Crippen LogP contribution in [0.25, 0.3) is 0 Å². The fourth-order valence-electron chi connectivity index (χ4n) is 1.85. The molecule has 0 radical (unpaired) electrons. The Bertz CT molecular complexity index is 130. The van der Waals surface area contributed by atoms with E-state index < -0.39 is 0 Å². The van der Waals surface area contributed by atoms with E-state index >= 15 is 0 Å². The largest absolute Gasteiger partial charge is 0.383 e. The van der Waals surface area contributed by atoms with E-state index in [1.807, 2.05) is 0 Å². The van der Waals surface area contributed by atoms with Crippen molar-refractivity contribution in [2.24, 2.45) is 0 Å². The standard InChI is InChI=1S/C9H20N2O/c1-8-6-10-4-5-11(8)9(2)7-12-3/h8-10H,4-7H2,1-3H3/t8-,9?/m0/s1. The minimum atomic E-state index is 0.548. The molecule has 0 saturated carbocycles. The Morgan fingerprint density at radius 1 is 1.67 bits per heavy atom. The molecular weight excluding hydrogens is 152 g/mol. The second-order valence-corrected chi connectivity index (χ2v) is 3.60. The van der Waals surface area contributed by atoms with Gasteiger partial charge in [-0.3, -0.25) is 4.90 Å². The van der Waals surface area contributed by atoms with E-state index in [9.17, 15) is 0 Å². The third-order valence-electron chi connectivity index (χ3n) is 2.53. The van der Waals surface area contributed by atoms with Crippen LogP contribution in [0.1, 0.15) is 13.8 Å². The van der Waals surface area contributed by atoms with Gasteiger partial charge in [0.2, 0.25) is 0 Å². The molecule has 1 heterocycles. The summed E-state index contributed by atoms with van der Waals surface area (Å²) >= 11 is 0. The fraction of sp³-hybridized carbons (Fsp3) is 1.00. The molecule has 12 heavy (non-hydrogen) atoms. The molecule has 1 unspecified atom stereocenters. The number of ether oxygens (including phenoxy) is 1. The fourth-order valence-corrected chi connectivity index (χ4v) is 1.85. The lowest BCUT2D eigenvalue weighted by molar-refractivity contribution is 0.0619. The monoisotopic (exact) mass is 172 g/mol. The van der Waals surface area contributed by atoms with Gasteiger partial charge in [0.05, 0.1) is 6.61 Å². The molecule has 72 valence electrons. The van der Waals surface area contributed by atoms with Gasteiger partial charge in [-0.25, -0.2) is 0 Å². The summed E-state index contributed by atoms with van der Waals surface area (Å²) in [5, 5.41) is 3.38. The predicted octanol–water partition coefficient (Wildman–Crippen LogP) is 0.315. The van der Waals surface area contributed by atoms with Crippen LogP contribution in [0.2, 0.25) is 0 Å². The van der Waals surface area contributed by atoms with E-state index in [1.165, 1.54) is 0 Å². The van der Waals surface area contributed by atoms with Gasteiger partial charge in [-0.05, 0) is 13.8 Å². The molecule has 1 saturated heterocycles. The van der Waals surface area contributed by atoms with Crippen molar-refractivity contribution in [1.29, 1.82) is 0 Å². The van der Waals surface area contributed by atoms with Crippen molar-refractivity contribution < 1.29 is 4.74 Å². The molecular formula is C9H20N2O. The maximum Gasteiger partial charge on any atom is 0.0615 e. The van der Waals surface area contributed by atoms with E-state index in [4.69, 9.17) is 4.74 Å². The second-order valence-electron chi connectivity index (χ2n) is 3.60. The van der Waals surface area contributed by atoms with Crippen LogP contribution in [-0.2, 0) is 4.74 Å². The lowest BCUT2D eigenvalue weighted by Gasteiger charge is -2.38. The highest BCUT2D eigenvalue weighted by atomic mass is 16.5. The van der Waals surface area contributed by atoms with Gasteiger partial charge in [0.25, 0.3) is 0 Å². The summed E-state index contributed by atoms with van der Waals surface area (Å²) in [5.41, 5.74) is 0. The van der Waals surface area contributed by atoms with Gasteiger partial charge in [-0.1, -0.05) is 0 Å². The number of methoxy groups -OCH3 is 1. The zero-order valence-corrected chi connectivity index (χ0v) is 8.34. The molecule has 3 heteroatoms. The number of piperazine rings is 1. The second kappa shape index (κ2) is 4.80. The number of hydrogen-bond donors (Lipinski definition) is 1. The molecule has 0 amide bonds. The lowest BCUT2D eigenvalue weighted by atomic mass is 10.1. The van der Waals surface area contributed by atoms with Gasteiger partial charge < -0.3 is 10.1 Å². The Hall–Kier alpha value is -0.120. The van der Waals surface area contributed by atoms with E-state index in [0.717, 1.165) is 26.2 Å². The smallest absolute Gasteiger partial charge is 0.0615 e. The summed E-state index contributed by atoms with van der Waals surface area (Å²) in [7, 11) is 1.77. The highest BCUT2D eigenvalue weighted by Gasteiger charge is 2.22. The quantitative estimate of drug-likeness (QED) is 0.663. The maximum atomic E-state index is 5.14. The molecule has 0 aromatic carbocycles. The molecule has 3 nitrogen and oxygen atoms in total. The number of rotatable bonds is 3. The summed E-state index contributed by atoms with van der Waals surface area (Å²) in [6.07, 6.45) is 0. The molecule has 0 aromatic heterocycles. The van der Waals surface area contributed by atoms with Crippen LogP contribution in [0.15, 0.2) is 0 Å². The van der Waals surface area contributed by atoms with E-state index in [2.05, 4.69) is 24.1 Å². The molecule has 2 atom stereocenters. The molecule has 1 aliphatic rings. The minimum Gasteiger partial charge on any atom is -0.383 e. The molecule has 1 aliphatic heterocycles. The van der Waals surface area contributed by atoms with Crippen LogP contribution in [-0.4, -0.2) is 50.3 Å². The van der Waals surface area contributed by atoms with E-state index in [-0.39, 0.29) is 0 Å². The Labute approximate surface area is 75.1 Å². The van der Waals surface area contributed by atoms with Crippen LogP contribution < -0.4 is 5.32 Å². The zero-order valence-electron chi connectivity index (χ0n) is 8.34. The summed E-state index contributed by atoms with van der Waals surface area (Å²) < 4.78 is 5.14. The summed E-state index contributed by atoms with van der Waals surface area (Å²) in [6, 6.07) is 1.19. The van der Waals surface area contributed by atoms with E-state index in [1.54, 1.807) is 7.11 Å². The summed E-state index contributed by atoms with van der Waals surface area (Å²) in [4.78, 5) is 2.50. The first-order chi connectivity index (χ1) is 5.75. The number of nitrogens with one attached hydrogen (secondary N) is 1. The van der Waals surface area contributed by atoms with Crippen molar-refractivity contribution >= 4 is 0 Å². The average molecular weight is 172 g/mol. The molecule has 0 aliphatic carbocycles. The lowest BCUT2D eigenvalue weighted by Crippen LogP contribution is -2.54. The van der Waals surface area contributed by atoms with Gasteiger partial charge in [-0.2, -0.15) is 0 Å². The van der Waals surface area contributed by atoms with Crippen LogP contribution in [0, 0.1) is 0 Å². The number of nitrogens with zero attached hydrogens (tertiary/aromatic N) is 1. The normalized spacial score (nSPS) is 28.8. The first-order valence-corrected chi connectivity index (χ1v) is 4.71. The minimum absolute atomic E-state index is 0.548. The molecule has 0 aromatic rings. The van der Waals surface area contributed by atoms with Crippen LogP contribution in [0.3, 0.4) is 0 Å². The zero-order chi connectivity index (χ0) is 8.97. The molecule has 0 spiro atoms. The van der Waals surface area contributed by atoms with Crippen molar-refractivity contribution in [3.05, 3.63) is 0 Å². The predicted molar refractivity (Wildman–Crippen MR) is 50.4 cm³/mol. The highest BCUT2D eigenvalue weighted by molar-refractivity contribution is 4.79. The number of hydrogen-bond acceptors (Lipinski definition) is 3. The van der Waals surface area contributed by atoms with Crippen LogP contribution >= 0.6 is 0 Å². The Morgan fingerprint density at radius 3 is 3.00 bits per heavy atom. The first-order valence-electron chi connectivity index (χ1n) is 4.71. The van der Waals surface area contributed by atoms with Crippen molar-refractivity contribution in [3.63, 3.8) is 0 Å². The molecule has 0 bridgehead atoms. The van der Waals surface area contributed by atoms with Gasteiger partial charge in [-0.15, -0.1) is 0 Å². The van der Waals surface area contributed by atoms with Crippen molar-refractivity contribution in [2.75, 3.05) is 33.4 Å². The van der Waals surface area contributed by atoms with Crippen LogP contribution in [0.4, 0.5) is 0 Å². The van der Waals surface area contributed by atoms with Gasteiger partial charge in [0.15, 0.2) is 0 Å². The Morgan fingerprint density at radius 2 is 2.42 bits per heavy atom. The molecule has 1 N–H and O–H groups in total. The van der Waals surface area contributed by atoms with Crippen molar-refractivity contribution in [2.45, 2.75) is 25.9 Å². The third-order valence-corrected chi connectivity index (χ3v) is 2.53. The maximum absolute atomic E-state index is 5.14. The van der Waals surface area contributed by atoms with Gasteiger partial charge >= 0.3 is 0 Å². The van der Waals surface area contributed by atoms with E-state index in [0.29, 0.717) is 12.1 Å². The Kier molecular flexibility index (Phi) is 3.98. The van der Waals surface area contributed by atoms with Crippen LogP contribution in [0.5, 0.6) is 0 Å². The van der Waals surface area contributed by atoms with Gasteiger partial charge in [0, 0.05) is 38.8 Å². The Balaban J connectivity index is 2.36. The first kappa shape index (κ1) is 9.96. The SMILES string of the molecule is COCC(C)N1CCNC[C@@H]1C. The average Bonchev–Trinajstić information content (AvgIpc) is 2.05. The van der Waals surface area contributed by atoms with Gasteiger partial charge in [0.1, 0.15) is 0 Å². The van der Waals surface area contributed by atoms with Crippen molar-refractivity contribution in [1.82, 2.24) is 10.2 Å². The topological polar surface area (TPSA) is 24.5 Å². The third kappa shape index (κ3) is 2.44. The van der Waals surface area contributed by atoms with Crippen molar-refractivity contribution in [3.8, 4) is 0 Å². The summed E-state index contributed by atoms with van der Waals surface area (Å²) in [5.74, 6) is 0.